The average molecular weight is 255 g/mol. The first-order chi connectivity index (χ1) is 7.62. The molecule has 17 heavy (non-hydrogen) atoms. The van der Waals surface area contributed by atoms with E-state index in [-0.39, 0.29) is 0 Å². The van der Waals surface area contributed by atoms with Crippen LogP contribution >= 0.6 is 0 Å². The fourth-order valence-corrected chi connectivity index (χ4v) is 1.85. The summed E-state index contributed by atoms with van der Waals surface area (Å²) in [5.74, 6) is -4.17. The summed E-state index contributed by atoms with van der Waals surface area (Å²) in [7, 11) is 0. The molecule has 0 aromatic heterocycles. The van der Waals surface area contributed by atoms with Crippen molar-refractivity contribution in [3.05, 3.63) is 0 Å². The van der Waals surface area contributed by atoms with Gasteiger partial charge in [-0.3, -0.25) is 9.69 Å². The van der Waals surface area contributed by atoms with Crippen molar-refractivity contribution in [2.75, 3.05) is 26.2 Å². The summed E-state index contributed by atoms with van der Waals surface area (Å²) in [6.07, 6.45) is -4.71. The Morgan fingerprint density at radius 3 is 2.53 bits per heavy atom. The van der Waals surface area contributed by atoms with Gasteiger partial charge in [0.1, 0.15) is 0 Å². The third-order valence-corrected chi connectivity index (χ3v) is 2.64. The lowest BCUT2D eigenvalue weighted by atomic mass is 10.0. The van der Waals surface area contributed by atoms with Crippen LogP contribution in [0.25, 0.3) is 0 Å². The zero-order chi connectivity index (χ0) is 13.3. The topological polar surface area (TPSA) is 49.8 Å². The maximum absolute atomic E-state index is 12.5. The maximum Gasteiger partial charge on any atom is 0.403 e. The number of ether oxygens (including phenoxy) is 1. The molecule has 0 spiro atoms. The number of aliphatic carboxylic acids is 1. The van der Waals surface area contributed by atoms with Crippen LogP contribution in [0, 0.1) is 5.92 Å². The minimum absolute atomic E-state index is 0.298. The molecular weight excluding hydrogens is 239 g/mol. The van der Waals surface area contributed by atoms with Crippen LogP contribution < -0.4 is 0 Å². The van der Waals surface area contributed by atoms with Gasteiger partial charge in [-0.1, -0.05) is 0 Å². The van der Waals surface area contributed by atoms with Gasteiger partial charge in [0.25, 0.3) is 0 Å². The third kappa shape index (κ3) is 4.16. The van der Waals surface area contributed by atoms with Crippen LogP contribution in [-0.2, 0) is 9.53 Å². The molecule has 1 atom stereocenters. The standard InChI is InChI=1S/C10H16F3NO3/c1-9(2)6-14(3-4-17-9)5-7(8(15)16)10(11,12)13/h7H,3-6H2,1-2H3,(H,15,16). The third-order valence-electron chi connectivity index (χ3n) is 2.64. The van der Waals surface area contributed by atoms with Gasteiger partial charge < -0.3 is 9.84 Å². The van der Waals surface area contributed by atoms with Crippen LogP contribution in [0.15, 0.2) is 0 Å². The zero-order valence-electron chi connectivity index (χ0n) is 9.75. The van der Waals surface area contributed by atoms with E-state index in [4.69, 9.17) is 9.84 Å². The van der Waals surface area contributed by atoms with Gasteiger partial charge in [0.2, 0.25) is 0 Å². The first-order valence-corrected chi connectivity index (χ1v) is 5.28. The van der Waals surface area contributed by atoms with Crippen LogP contribution in [0.5, 0.6) is 0 Å². The molecule has 0 saturated carbocycles. The van der Waals surface area contributed by atoms with E-state index >= 15 is 0 Å². The molecule has 7 heteroatoms. The first-order valence-electron chi connectivity index (χ1n) is 5.28. The van der Waals surface area contributed by atoms with E-state index in [0.29, 0.717) is 19.7 Å². The van der Waals surface area contributed by atoms with Crippen LogP contribution in [0.4, 0.5) is 13.2 Å². The second kappa shape index (κ2) is 4.81. The number of rotatable bonds is 3. The smallest absolute Gasteiger partial charge is 0.403 e. The molecule has 0 radical (unpaired) electrons. The number of carbonyl (C=O) groups is 1. The minimum atomic E-state index is -4.71. The molecule has 4 nitrogen and oxygen atoms in total. The zero-order valence-corrected chi connectivity index (χ0v) is 9.75. The summed E-state index contributed by atoms with van der Waals surface area (Å²) in [4.78, 5) is 12.1. The Labute approximate surface area is 97.3 Å². The molecule has 1 heterocycles. The van der Waals surface area contributed by atoms with Crippen molar-refractivity contribution >= 4 is 5.97 Å². The quantitative estimate of drug-likeness (QED) is 0.827. The Morgan fingerprint density at radius 2 is 2.12 bits per heavy atom. The molecule has 1 rings (SSSR count). The summed E-state index contributed by atoms with van der Waals surface area (Å²) >= 11 is 0. The van der Waals surface area contributed by atoms with E-state index in [1.807, 2.05) is 0 Å². The molecule has 1 aliphatic heterocycles. The lowest BCUT2D eigenvalue weighted by molar-refractivity contribution is -0.200. The van der Waals surface area contributed by atoms with Gasteiger partial charge in [-0.25, -0.2) is 0 Å². The molecule has 0 aromatic carbocycles. The summed E-state index contributed by atoms with van der Waals surface area (Å²) < 4.78 is 42.8. The summed E-state index contributed by atoms with van der Waals surface area (Å²) in [6.45, 7) is 3.95. The number of nitrogens with zero attached hydrogens (tertiary/aromatic N) is 1. The lowest BCUT2D eigenvalue weighted by Crippen LogP contribution is -2.52. The molecule has 1 fully saturated rings. The Bertz CT molecular complexity index is 291. The highest BCUT2D eigenvalue weighted by molar-refractivity contribution is 5.71. The molecular formula is C10H16F3NO3. The number of carboxylic acids is 1. The van der Waals surface area contributed by atoms with E-state index in [1.165, 1.54) is 4.90 Å². The average Bonchev–Trinajstić information content (AvgIpc) is 2.10. The van der Waals surface area contributed by atoms with Gasteiger partial charge in [0.05, 0.1) is 12.2 Å². The SMILES string of the molecule is CC1(C)CN(CC(C(=O)O)C(F)(F)F)CCO1. The molecule has 1 unspecified atom stereocenters. The van der Waals surface area contributed by atoms with Gasteiger partial charge in [-0.2, -0.15) is 13.2 Å². The minimum Gasteiger partial charge on any atom is -0.481 e. The summed E-state index contributed by atoms with van der Waals surface area (Å²) in [5.41, 5.74) is -0.535. The lowest BCUT2D eigenvalue weighted by Gasteiger charge is -2.39. The van der Waals surface area contributed by atoms with Crippen LogP contribution in [0.3, 0.4) is 0 Å². The van der Waals surface area contributed by atoms with Crippen LogP contribution in [0.1, 0.15) is 13.8 Å². The van der Waals surface area contributed by atoms with Crippen molar-refractivity contribution in [3.8, 4) is 0 Å². The Hall–Kier alpha value is -0.820. The van der Waals surface area contributed by atoms with Crippen molar-refractivity contribution in [3.63, 3.8) is 0 Å². The normalized spacial score (nSPS) is 23.4. The summed E-state index contributed by atoms with van der Waals surface area (Å²) in [5, 5.41) is 8.59. The second-order valence-corrected chi connectivity index (χ2v) is 4.78. The highest BCUT2D eigenvalue weighted by Gasteiger charge is 2.46. The molecule has 1 saturated heterocycles. The fourth-order valence-electron chi connectivity index (χ4n) is 1.85. The summed E-state index contributed by atoms with van der Waals surface area (Å²) in [6, 6.07) is 0. The van der Waals surface area contributed by atoms with Crippen LogP contribution in [0.2, 0.25) is 0 Å². The second-order valence-electron chi connectivity index (χ2n) is 4.78. The van der Waals surface area contributed by atoms with Crippen molar-refractivity contribution in [2.45, 2.75) is 25.6 Å². The maximum atomic E-state index is 12.5. The van der Waals surface area contributed by atoms with Gasteiger partial charge >= 0.3 is 12.1 Å². The number of halogens is 3. The Balaban J connectivity index is 2.65. The molecule has 1 aliphatic rings. The van der Waals surface area contributed by atoms with Crippen LogP contribution in [-0.4, -0.2) is 54.0 Å². The molecule has 100 valence electrons. The van der Waals surface area contributed by atoms with E-state index in [1.54, 1.807) is 13.8 Å². The van der Waals surface area contributed by atoms with Gasteiger partial charge in [0.15, 0.2) is 5.92 Å². The van der Waals surface area contributed by atoms with Crippen molar-refractivity contribution in [2.24, 2.45) is 5.92 Å². The number of hydrogen-bond donors (Lipinski definition) is 1. The predicted molar refractivity (Wildman–Crippen MR) is 53.7 cm³/mol. The van der Waals surface area contributed by atoms with E-state index in [0.717, 1.165) is 0 Å². The predicted octanol–water partition coefficient (Wildman–Crippen LogP) is 1.36. The molecule has 0 aromatic rings. The van der Waals surface area contributed by atoms with Gasteiger partial charge in [-0.15, -0.1) is 0 Å². The van der Waals surface area contributed by atoms with Crippen molar-refractivity contribution in [1.82, 2.24) is 4.90 Å². The van der Waals surface area contributed by atoms with Gasteiger partial charge in [0, 0.05) is 19.6 Å². The Morgan fingerprint density at radius 1 is 1.53 bits per heavy atom. The highest BCUT2D eigenvalue weighted by atomic mass is 19.4. The van der Waals surface area contributed by atoms with E-state index < -0.39 is 30.2 Å². The molecule has 0 aliphatic carbocycles. The molecule has 0 amide bonds. The van der Waals surface area contributed by atoms with Crippen molar-refractivity contribution < 1.29 is 27.8 Å². The van der Waals surface area contributed by atoms with Crippen molar-refractivity contribution in [1.29, 1.82) is 0 Å². The number of alkyl halides is 3. The molecule has 0 bridgehead atoms. The number of morpholine rings is 1. The fraction of sp³-hybridized carbons (Fsp3) is 0.900. The largest absolute Gasteiger partial charge is 0.481 e. The van der Waals surface area contributed by atoms with E-state index in [2.05, 4.69) is 0 Å². The number of hydrogen-bond acceptors (Lipinski definition) is 3. The van der Waals surface area contributed by atoms with Gasteiger partial charge in [-0.05, 0) is 13.8 Å². The highest BCUT2D eigenvalue weighted by Crippen LogP contribution is 2.28. The van der Waals surface area contributed by atoms with E-state index in [9.17, 15) is 18.0 Å². The number of carboxylic acid groups (broad SMARTS) is 1. The first kappa shape index (κ1) is 14.2. The molecule has 1 N–H and O–H groups in total. The Kier molecular flexibility index (Phi) is 4.03. The monoisotopic (exact) mass is 255 g/mol.